The van der Waals surface area contributed by atoms with Crippen LogP contribution in [0.5, 0.6) is 0 Å². The summed E-state index contributed by atoms with van der Waals surface area (Å²) in [5, 5.41) is 0. The van der Waals surface area contributed by atoms with Crippen molar-refractivity contribution in [2.75, 3.05) is 0 Å². The molecule has 1 spiro atoms. The molecule has 0 aromatic heterocycles. The Morgan fingerprint density at radius 3 is 2.56 bits per heavy atom. The van der Waals surface area contributed by atoms with Gasteiger partial charge in [-0.05, 0) is 72.7 Å². The summed E-state index contributed by atoms with van der Waals surface area (Å²) in [6.45, 7) is 2.58. The van der Waals surface area contributed by atoms with Crippen LogP contribution in [0.1, 0.15) is 63.9 Å². The van der Waals surface area contributed by atoms with E-state index in [1.165, 1.54) is 37.7 Å². The Morgan fingerprint density at radius 1 is 1.12 bits per heavy atom. The number of amides is 1. The third kappa shape index (κ3) is 1.49. The maximum absolute atomic E-state index is 12.7. The molecule has 5 aliphatic rings. The van der Waals surface area contributed by atoms with Crippen LogP contribution in [0.4, 0.5) is 0 Å². The molecule has 132 valence electrons. The Morgan fingerprint density at radius 2 is 1.88 bits per heavy atom. The van der Waals surface area contributed by atoms with Crippen LogP contribution in [-0.2, 0) is 10.2 Å². The van der Waals surface area contributed by atoms with E-state index in [1.807, 2.05) is 0 Å². The lowest BCUT2D eigenvalue weighted by Gasteiger charge is -2.62. The van der Waals surface area contributed by atoms with E-state index < -0.39 is 0 Å². The lowest BCUT2D eigenvalue weighted by Crippen LogP contribution is -2.58. The summed E-state index contributed by atoms with van der Waals surface area (Å²) in [6, 6.07) is 11.1. The summed E-state index contributed by atoms with van der Waals surface area (Å²) in [7, 11) is 0. The molecule has 2 nitrogen and oxygen atoms in total. The predicted molar refractivity (Wildman–Crippen MR) is 97.7 cm³/mol. The molecule has 5 saturated carbocycles. The van der Waals surface area contributed by atoms with E-state index in [9.17, 15) is 4.79 Å². The fourth-order valence-corrected chi connectivity index (χ4v) is 8.68. The molecule has 1 amide bonds. The van der Waals surface area contributed by atoms with Gasteiger partial charge >= 0.3 is 0 Å². The lowest BCUT2D eigenvalue weighted by molar-refractivity contribution is -0.130. The van der Waals surface area contributed by atoms with Gasteiger partial charge in [0, 0.05) is 5.41 Å². The first-order valence-corrected chi connectivity index (χ1v) is 10.3. The van der Waals surface area contributed by atoms with Gasteiger partial charge in [0.2, 0.25) is 5.91 Å². The molecule has 1 aromatic rings. The van der Waals surface area contributed by atoms with E-state index in [2.05, 4.69) is 37.3 Å². The highest BCUT2D eigenvalue weighted by Crippen LogP contribution is 2.88. The minimum Gasteiger partial charge on any atom is -0.369 e. The Hall–Kier alpha value is -1.31. The predicted octanol–water partition coefficient (Wildman–Crippen LogP) is 4.43. The highest BCUT2D eigenvalue weighted by molar-refractivity contribution is 5.83. The van der Waals surface area contributed by atoms with Crippen molar-refractivity contribution in [3.63, 3.8) is 0 Å². The number of rotatable bonds is 4. The number of nitrogens with two attached hydrogens (primary N) is 1. The first-order valence-electron chi connectivity index (χ1n) is 10.3. The van der Waals surface area contributed by atoms with Gasteiger partial charge in [-0.15, -0.1) is 0 Å². The molecule has 0 aliphatic heterocycles. The van der Waals surface area contributed by atoms with Crippen LogP contribution in [-0.4, -0.2) is 5.91 Å². The Labute approximate surface area is 150 Å². The zero-order valence-electron chi connectivity index (χ0n) is 15.3. The van der Waals surface area contributed by atoms with Crippen molar-refractivity contribution in [2.45, 2.75) is 63.7 Å². The van der Waals surface area contributed by atoms with E-state index in [1.54, 1.807) is 0 Å². The van der Waals surface area contributed by atoms with Gasteiger partial charge in [0.1, 0.15) is 0 Å². The molecular weight excluding hydrogens is 306 g/mol. The maximum atomic E-state index is 12.7. The molecule has 1 aromatic carbocycles. The second-order valence-corrected chi connectivity index (χ2v) is 10.6. The summed E-state index contributed by atoms with van der Waals surface area (Å²) in [6.07, 6.45) is 10.1. The first kappa shape index (κ1) is 14.8. The number of hydrogen-bond acceptors (Lipinski definition) is 1. The fourth-order valence-electron chi connectivity index (χ4n) is 8.68. The van der Waals surface area contributed by atoms with E-state index in [-0.39, 0.29) is 16.7 Å². The number of fused-ring (bicyclic) bond motifs is 2. The van der Waals surface area contributed by atoms with Gasteiger partial charge in [-0.3, -0.25) is 4.79 Å². The SMILES string of the molecule is CC1(CC2CC2)C2CC3(C(N)=O)CC4(c5ccccc5)CC1C4(C2)C3. The standard InChI is InChI=1S/C23H29NO/c1-20(9-15-7-8-15)17-10-21(19(24)25)13-22(16-5-3-2-4-6-16)12-18(20)23(22,11-17)14-21/h2-6,15,17-18H,7-14H2,1H3,(H2,24,25). The minimum absolute atomic E-state index is 0.00398. The molecule has 2 N–H and O–H groups in total. The molecule has 6 atom stereocenters. The van der Waals surface area contributed by atoms with E-state index >= 15 is 0 Å². The third-order valence-electron chi connectivity index (χ3n) is 9.72. The zero-order valence-corrected chi connectivity index (χ0v) is 15.3. The summed E-state index contributed by atoms with van der Waals surface area (Å²) in [5.74, 6) is 2.49. The molecule has 2 heteroatoms. The Balaban J connectivity index is 1.51. The third-order valence-corrected chi connectivity index (χ3v) is 9.72. The molecule has 0 heterocycles. The van der Waals surface area contributed by atoms with Gasteiger partial charge in [-0.2, -0.15) is 0 Å². The number of carbonyl (C=O) groups is 1. The van der Waals surface area contributed by atoms with Crippen molar-refractivity contribution in [1.82, 2.24) is 0 Å². The van der Waals surface area contributed by atoms with Crippen LogP contribution in [0.25, 0.3) is 0 Å². The van der Waals surface area contributed by atoms with Crippen LogP contribution in [0, 0.1) is 34.0 Å². The topological polar surface area (TPSA) is 43.1 Å². The summed E-state index contributed by atoms with van der Waals surface area (Å²) in [4.78, 5) is 12.7. The first-order chi connectivity index (χ1) is 11.9. The zero-order chi connectivity index (χ0) is 17.1. The molecule has 5 fully saturated rings. The molecule has 3 bridgehead atoms. The molecular formula is C23H29NO. The van der Waals surface area contributed by atoms with E-state index in [0.29, 0.717) is 16.7 Å². The number of benzene rings is 1. The van der Waals surface area contributed by atoms with E-state index in [4.69, 9.17) is 5.73 Å². The van der Waals surface area contributed by atoms with Crippen LogP contribution < -0.4 is 5.73 Å². The average molecular weight is 335 g/mol. The molecule has 0 saturated heterocycles. The molecule has 25 heavy (non-hydrogen) atoms. The largest absolute Gasteiger partial charge is 0.369 e. The minimum atomic E-state index is -0.227. The summed E-state index contributed by atoms with van der Waals surface area (Å²) in [5.41, 5.74) is 8.37. The van der Waals surface area contributed by atoms with Crippen LogP contribution in [0.2, 0.25) is 0 Å². The van der Waals surface area contributed by atoms with Gasteiger partial charge in [0.15, 0.2) is 0 Å². The summed E-state index contributed by atoms with van der Waals surface area (Å²) < 4.78 is 0. The van der Waals surface area contributed by atoms with Crippen molar-refractivity contribution in [3.05, 3.63) is 35.9 Å². The van der Waals surface area contributed by atoms with Crippen LogP contribution in [0.3, 0.4) is 0 Å². The van der Waals surface area contributed by atoms with Gasteiger partial charge < -0.3 is 5.73 Å². The normalized spacial score (nSPS) is 52.0. The maximum Gasteiger partial charge on any atom is 0.223 e. The van der Waals surface area contributed by atoms with Gasteiger partial charge in [-0.25, -0.2) is 0 Å². The van der Waals surface area contributed by atoms with Crippen LogP contribution >= 0.6 is 0 Å². The monoisotopic (exact) mass is 335 g/mol. The molecule has 6 unspecified atom stereocenters. The smallest absolute Gasteiger partial charge is 0.223 e. The van der Waals surface area contributed by atoms with Crippen molar-refractivity contribution < 1.29 is 4.79 Å². The van der Waals surface area contributed by atoms with Crippen molar-refractivity contribution >= 4 is 5.91 Å². The van der Waals surface area contributed by atoms with Gasteiger partial charge in [0.25, 0.3) is 0 Å². The second-order valence-electron chi connectivity index (χ2n) is 10.6. The highest BCUT2D eigenvalue weighted by atomic mass is 16.1. The molecule has 5 aliphatic carbocycles. The van der Waals surface area contributed by atoms with E-state index in [0.717, 1.165) is 31.1 Å². The Bertz CT molecular complexity index is 770. The average Bonchev–Trinajstić information content (AvgIpc) is 3.37. The Kier molecular flexibility index (Phi) is 2.46. The van der Waals surface area contributed by atoms with Crippen molar-refractivity contribution in [3.8, 4) is 0 Å². The number of carbonyl (C=O) groups excluding carboxylic acids is 1. The summed E-state index contributed by atoms with van der Waals surface area (Å²) >= 11 is 0. The number of hydrogen-bond donors (Lipinski definition) is 1. The van der Waals surface area contributed by atoms with Crippen molar-refractivity contribution in [1.29, 1.82) is 0 Å². The van der Waals surface area contributed by atoms with Gasteiger partial charge in [-0.1, -0.05) is 50.1 Å². The quantitative estimate of drug-likeness (QED) is 0.869. The van der Waals surface area contributed by atoms with Crippen molar-refractivity contribution in [2.24, 2.45) is 39.7 Å². The van der Waals surface area contributed by atoms with Gasteiger partial charge in [0.05, 0.1) is 5.41 Å². The fraction of sp³-hybridized carbons (Fsp3) is 0.696. The number of primary amides is 1. The lowest BCUT2D eigenvalue weighted by atomic mass is 9.41. The van der Waals surface area contributed by atoms with Crippen LogP contribution in [0.15, 0.2) is 30.3 Å². The highest BCUT2D eigenvalue weighted by Gasteiger charge is 2.83. The molecule has 0 radical (unpaired) electrons. The second kappa shape index (κ2) is 4.15. The molecule has 6 rings (SSSR count).